The number of amides is 1. The Hall–Kier alpha value is -4.58. The SMILES string of the molecule is COc1cc(Nc2ncnc(-c3ccc(O[C@H]4CCN(C(=O)C(C)O)C[C@H]4F)c(C#N)c3)n2)ccc1N1CCN(C2COC2)CC1. The summed E-state index contributed by atoms with van der Waals surface area (Å²) in [4.78, 5) is 31.2. The molecule has 0 saturated carbocycles. The van der Waals surface area contributed by atoms with Gasteiger partial charge < -0.3 is 34.4 Å². The third-order valence-electron chi connectivity index (χ3n) is 8.59. The zero-order chi connectivity index (χ0) is 32.2. The number of hydrogen-bond donors (Lipinski definition) is 2. The fourth-order valence-electron chi connectivity index (χ4n) is 5.91. The number of hydrogen-bond acceptors (Lipinski definition) is 12. The predicted molar refractivity (Wildman–Crippen MR) is 167 cm³/mol. The number of nitrogens with zero attached hydrogens (tertiary/aromatic N) is 7. The molecule has 0 bridgehead atoms. The van der Waals surface area contributed by atoms with Crippen LogP contribution in [0.4, 0.5) is 21.7 Å². The normalized spacial score (nSPS) is 21.2. The van der Waals surface area contributed by atoms with Gasteiger partial charge in [0.2, 0.25) is 5.95 Å². The van der Waals surface area contributed by atoms with Crippen molar-refractivity contribution >= 4 is 23.2 Å². The first-order valence-electron chi connectivity index (χ1n) is 15.4. The number of benzene rings is 2. The van der Waals surface area contributed by atoms with E-state index in [0.717, 1.165) is 56.5 Å². The average molecular weight is 633 g/mol. The summed E-state index contributed by atoms with van der Waals surface area (Å²) in [5.41, 5.74) is 2.53. The van der Waals surface area contributed by atoms with Crippen LogP contribution >= 0.6 is 0 Å². The number of piperazine rings is 1. The van der Waals surface area contributed by atoms with Crippen LogP contribution in [0.2, 0.25) is 0 Å². The van der Waals surface area contributed by atoms with E-state index in [2.05, 4.69) is 36.1 Å². The number of methoxy groups -OCH3 is 1. The molecule has 2 aromatic carbocycles. The van der Waals surface area contributed by atoms with E-state index in [9.17, 15) is 19.6 Å². The number of halogens is 1. The number of carbonyl (C=O) groups is 1. The highest BCUT2D eigenvalue weighted by Gasteiger charge is 2.34. The van der Waals surface area contributed by atoms with Gasteiger partial charge in [0.25, 0.3) is 5.91 Å². The fraction of sp³-hybridized carbons (Fsp3) is 0.469. The summed E-state index contributed by atoms with van der Waals surface area (Å²) in [6.45, 7) is 6.83. The number of nitrogens with one attached hydrogen (secondary N) is 1. The molecule has 1 amide bonds. The Morgan fingerprint density at radius 1 is 1.13 bits per heavy atom. The highest BCUT2D eigenvalue weighted by molar-refractivity contribution is 5.80. The number of aliphatic hydroxyl groups is 1. The van der Waals surface area contributed by atoms with Crippen LogP contribution < -0.4 is 19.7 Å². The Morgan fingerprint density at radius 3 is 2.61 bits per heavy atom. The predicted octanol–water partition coefficient (Wildman–Crippen LogP) is 2.38. The van der Waals surface area contributed by atoms with Gasteiger partial charge in [-0.1, -0.05) is 0 Å². The average Bonchev–Trinajstić information content (AvgIpc) is 3.05. The number of anilines is 3. The first-order chi connectivity index (χ1) is 22.3. The third-order valence-corrected chi connectivity index (χ3v) is 8.59. The summed E-state index contributed by atoms with van der Waals surface area (Å²) in [7, 11) is 1.65. The van der Waals surface area contributed by atoms with Gasteiger partial charge in [-0.15, -0.1) is 0 Å². The Balaban J connectivity index is 1.11. The number of rotatable bonds is 9. The highest BCUT2D eigenvalue weighted by atomic mass is 19.1. The van der Waals surface area contributed by atoms with Gasteiger partial charge in [0.05, 0.1) is 44.2 Å². The molecular formula is C32H37FN8O5. The minimum atomic E-state index is -1.47. The molecule has 3 saturated heterocycles. The standard InChI is InChI=1S/C32H37FN8O5/c1-20(42)31(43)41-8-7-28(25(33)16-41)46-27-6-3-21(13-22(27)15-34)30-35-19-36-32(38-30)37-23-4-5-26(29(14-23)44-2)40-11-9-39(10-12-40)24-17-45-18-24/h3-6,13-14,19-20,24-25,28,42H,7-12,16-18H2,1-2H3,(H,35,36,37,38)/t20?,25-,28+/m1/s1. The molecule has 2 N–H and O–H groups in total. The van der Waals surface area contributed by atoms with Gasteiger partial charge in [0.15, 0.2) is 12.0 Å². The van der Waals surface area contributed by atoms with Crippen LogP contribution in [-0.2, 0) is 9.53 Å². The molecule has 242 valence electrons. The molecule has 3 aliphatic heterocycles. The molecule has 4 heterocycles. The first-order valence-corrected chi connectivity index (χ1v) is 15.4. The molecule has 14 heteroatoms. The van der Waals surface area contributed by atoms with E-state index in [4.69, 9.17) is 14.2 Å². The van der Waals surface area contributed by atoms with Crippen LogP contribution in [-0.4, -0.2) is 120 Å². The smallest absolute Gasteiger partial charge is 0.251 e. The molecule has 3 fully saturated rings. The first kappa shape index (κ1) is 31.4. The lowest BCUT2D eigenvalue weighted by atomic mass is 10.0. The number of aliphatic hydroxyl groups excluding tert-OH is 1. The number of likely N-dealkylation sites (tertiary alicyclic amines) is 1. The van der Waals surface area contributed by atoms with Gasteiger partial charge in [-0.25, -0.2) is 14.4 Å². The summed E-state index contributed by atoms with van der Waals surface area (Å²) in [5, 5.41) is 22.6. The minimum absolute atomic E-state index is 0.183. The number of aromatic nitrogens is 3. The van der Waals surface area contributed by atoms with Gasteiger partial charge in [0, 0.05) is 56.5 Å². The Kier molecular flexibility index (Phi) is 9.43. The number of nitriles is 1. The second-order valence-corrected chi connectivity index (χ2v) is 11.6. The molecule has 3 aliphatic rings. The lowest BCUT2D eigenvalue weighted by molar-refractivity contribution is -0.143. The fourth-order valence-corrected chi connectivity index (χ4v) is 5.91. The Labute approximate surface area is 266 Å². The van der Waals surface area contributed by atoms with Crippen molar-refractivity contribution in [2.24, 2.45) is 0 Å². The third kappa shape index (κ3) is 6.81. The summed E-state index contributed by atoms with van der Waals surface area (Å²) >= 11 is 0. The van der Waals surface area contributed by atoms with Crippen molar-refractivity contribution in [2.75, 3.05) is 69.8 Å². The maximum Gasteiger partial charge on any atom is 0.251 e. The molecule has 6 rings (SSSR count). The maximum absolute atomic E-state index is 14.9. The van der Waals surface area contributed by atoms with E-state index < -0.39 is 24.3 Å². The molecule has 1 unspecified atom stereocenters. The highest BCUT2D eigenvalue weighted by Crippen LogP contribution is 2.34. The molecule has 3 aromatic rings. The molecule has 0 aliphatic carbocycles. The maximum atomic E-state index is 14.9. The summed E-state index contributed by atoms with van der Waals surface area (Å²) < 4.78 is 31.9. The molecule has 0 spiro atoms. The van der Waals surface area contributed by atoms with E-state index in [1.165, 1.54) is 18.2 Å². The number of alkyl halides is 1. The summed E-state index contributed by atoms with van der Waals surface area (Å²) in [6.07, 6.45) is -1.88. The monoisotopic (exact) mass is 632 g/mol. The second kappa shape index (κ2) is 13.8. The van der Waals surface area contributed by atoms with E-state index in [1.807, 2.05) is 18.2 Å². The molecule has 3 atom stereocenters. The van der Waals surface area contributed by atoms with Crippen LogP contribution in [0.25, 0.3) is 11.4 Å². The second-order valence-electron chi connectivity index (χ2n) is 11.6. The molecule has 13 nitrogen and oxygen atoms in total. The van der Waals surface area contributed by atoms with Crippen molar-refractivity contribution in [3.63, 3.8) is 0 Å². The lowest BCUT2D eigenvalue weighted by Crippen LogP contribution is -2.56. The number of ether oxygens (including phenoxy) is 3. The van der Waals surface area contributed by atoms with Crippen molar-refractivity contribution in [3.8, 4) is 29.0 Å². The Morgan fingerprint density at radius 2 is 1.93 bits per heavy atom. The largest absolute Gasteiger partial charge is 0.495 e. The molecular weight excluding hydrogens is 595 g/mol. The van der Waals surface area contributed by atoms with Crippen LogP contribution in [0.3, 0.4) is 0 Å². The summed E-state index contributed by atoms with van der Waals surface area (Å²) in [6, 6.07) is 13.4. The van der Waals surface area contributed by atoms with Gasteiger partial charge in [0.1, 0.15) is 36.1 Å². The van der Waals surface area contributed by atoms with Gasteiger partial charge >= 0.3 is 0 Å². The molecule has 1 aromatic heterocycles. The zero-order valence-corrected chi connectivity index (χ0v) is 25.8. The van der Waals surface area contributed by atoms with Crippen LogP contribution in [0.15, 0.2) is 42.7 Å². The topological polar surface area (TPSA) is 149 Å². The lowest BCUT2D eigenvalue weighted by Gasteiger charge is -2.43. The van der Waals surface area contributed by atoms with Crippen molar-refractivity contribution in [1.29, 1.82) is 5.26 Å². The van der Waals surface area contributed by atoms with Gasteiger partial charge in [-0.3, -0.25) is 9.69 Å². The van der Waals surface area contributed by atoms with E-state index in [1.54, 1.807) is 25.3 Å². The van der Waals surface area contributed by atoms with Gasteiger partial charge in [-0.2, -0.15) is 10.2 Å². The van der Waals surface area contributed by atoms with Crippen molar-refractivity contribution in [1.82, 2.24) is 24.8 Å². The van der Waals surface area contributed by atoms with Crippen molar-refractivity contribution < 1.29 is 28.5 Å². The quantitative estimate of drug-likeness (QED) is 0.357. The number of piperidine rings is 1. The zero-order valence-electron chi connectivity index (χ0n) is 25.8. The van der Waals surface area contributed by atoms with E-state index in [-0.39, 0.29) is 30.8 Å². The van der Waals surface area contributed by atoms with Crippen LogP contribution in [0, 0.1) is 11.3 Å². The van der Waals surface area contributed by atoms with E-state index >= 15 is 0 Å². The summed E-state index contributed by atoms with van der Waals surface area (Å²) in [5.74, 6) is 1.10. The van der Waals surface area contributed by atoms with Crippen LogP contribution in [0.5, 0.6) is 11.5 Å². The number of carbonyl (C=O) groups excluding carboxylic acids is 1. The van der Waals surface area contributed by atoms with Crippen LogP contribution in [0.1, 0.15) is 18.9 Å². The van der Waals surface area contributed by atoms with Gasteiger partial charge in [-0.05, 0) is 37.3 Å². The minimum Gasteiger partial charge on any atom is -0.495 e. The van der Waals surface area contributed by atoms with Crippen molar-refractivity contribution in [2.45, 2.75) is 37.8 Å². The Bertz CT molecular complexity index is 1590. The molecule has 46 heavy (non-hydrogen) atoms. The van der Waals surface area contributed by atoms with Crippen molar-refractivity contribution in [3.05, 3.63) is 48.3 Å². The molecule has 0 radical (unpaired) electrons. The van der Waals surface area contributed by atoms with E-state index in [0.29, 0.717) is 23.4 Å².